The molecule has 1 aliphatic heterocycles. The van der Waals surface area contributed by atoms with Crippen molar-refractivity contribution in [3.63, 3.8) is 0 Å². The number of aliphatic carboxylic acids is 1. The third kappa shape index (κ3) is 7.38. The summed E-state index contributed by atoms with van der Waals surface area (Å²) in [4.78, 5) is 43.0. The Balaban J connectivity index is 1.42. The minimum atomic E-state index is -1.12. The van der Waals surface area contributed by atoms with Crippen LogP contribution in [-0.2, 0) is 22.4 Å². The van der Waals surface area contributed by atoms with Crippen molar-refractivity contribution in [3.05, 3.63) is 72.1 Å². The molecule has 1 saturated heterocycles. The number of nitrogens with one attached hydrogen (secondary N) is 3. The molecule has 1 aliphatic rings. The van der Waals surface area contributed by atoms with E-state index in [1.807, 2.05) is 62.4 Å². The Kier molecular flexibility index (Phi) is 10.1. The van der Waals surface area contributed by atoms with E-state index in [1.54, 1.807) is 17.0 Å². The Morgan fingerprint density at radius 2 is 1.57 bits per heavy atom. The number of amides is 1. The van der Waals surface area contributed by atoms with Crippen LogP contribution < -0.4 is 16.5 Å². The Bertz CT molecular complexity index is 1600. The predicted molar refractivity (Wildman–Crippen MR) is 172 cm³/mol. The van der Waals surface area contributed by atoms with Crippen LogP contribution in [0, 0.1) is 5.92 Å². The number of rotatable bonds is 12. The van der Waals surface area contributed by atoms with Crippen molar-refractivity contribution in [1.82, 2.24) is 25.3 Å². The number of hydrogen-bond acceptors (Lipinski definition) is 6. The fourth-order valence-electron chi connectivity index (χ4n) is 6.21. The van der Waals surface area contributed by atoms with Crippen LogP contribution in [0.3, 0.4) is 0 Å². The van der Waals surface area contributed by atoms with Crippen molar-refractivity contribution in [3.8, 4) is 0 Å². The number of hydrogen-bond donors (Lipinski definition) is 5. The van der Waals surface area contributed by atoms with E-state index < -0.39 is 30.0 Å². The second-order valence-corrected chi connectivity index (χ2v) is 12.4. The van der Waals surface area contributed by atoms with Gasteiger partial charge in [-0.2, -0.15) is 0 Å². The number of nitrogens with zero attached hydrogens (tertiary/aromatic N) is 2. The van der Waals surface area contributed by atoms with Gasteiger partial charge in [0.05, 0.1) is 11.6 Å². The fourth-order valence-corrected chi connectivity index (χ4v) is 6.21. The summed E-state index contributed by atoms with van der Waals surface area (Å²) < 4.78 is 1.61. The zero-order chi connectivity index (χ0) is 31.2. The summed E-state index contributed by atoms with van der Waals surface area (Å²) in [5, 5.41) is 16.8. The Hall–Kier alpha value is -3.99. The highest BCUT2D eigenvalue weighted by Gasteiger charge is 2.30. The van der Waals surface area contributed by atoms with Crippen molar-refractivity contribution >= 4 is 39.6 Å². The average Bonchev–Trinajstić information content (AvgIpc) is 3.47. The van der Waals surface area contributed by atoms with Crippen LogP contribution in [-0.4, -0.2) is 68.7 Å². The molecule has 0 spiro atoms. The molecule has 5 rings (SSSR count). The van der Waals surface area contributed by atoms with Gasteiger partial charge in [0.25, 0.3) is 0 Å². The van der Waals surface area contributed by atoms with Gasteiger partial charge in [-0.25, -0.2) is 15.2 Å². The highest BCUT2D eigenvalue weighted by Crippen LogP contribution is 2.25. The third-order valence-electron chi connectivity index (χ3n) is 8.47. The molecular weight excluding hydrogens is 556 g/mol. The predicted octanol–water partition coefficient (Wildman–Crippen LogP) is 4.24. The maximum Gasteiger partial charge on any atom is 0.326 e. The number of carbonyl (C=O) groups excluding carboxylic acids is 2. The van der Waals surface area contributed by atoms with Crippen molar-refractivity contribution in [2.45, 2.75) is 76.9 Å². The molecule has 44 heavy (non-hydrogen) atoms. The maximum atomic E-state index is 14.0. The SMILES string of the molecule is CC(C)C[C@H](N)C(=O)n1cc(C[C@@H](NN2CCCCCC2)C(=O)N[C@H](Cc2c[nH]c3ccccc23)C(=O)O)c2ccccc21. The molecule has 6 N–H and O–H groups in total. The van der Waals surface area contributed by atoms with E-state index >= 15 is 0 Å². The molecule has 234 valence electrons. The number of hydrazine groups is 1. The quantitative estimate of drug-likeness (QED) is 0.164. The van der Waals surface area contributed by atoms with E-state index in [1.165, 1.54) is 0 Å². The zero-order valence-electron chi connectivity index (χ0n) is 25.6. The highest BCUT2D eigenvalue weighted by molar-refractivity contribution is 5.97. The number of carboxylic acid groups (broad SMARTS) is 1. The largest absolute Gasteiger partial charge is 0.480 e. The van der Waals surface area contributed by atoms with Crippen LogP contribution in [0.15, 0.2) is 60.9 Å². The molecule has 0 bridgehead atoms. The number of carboxylic acids is 1. The molecule has 2 aromatic carbocycles. The molecule has 0 saturated carbocycles. The number of nitrogens with two attached hydrogens (primary N) is 1. The van der Waals surface area contributed by atoms with Gasteiger partial charge >= 0.3 is 5.97 Å². The van der Waals surface area contributed by atoms with E-state index in [0.717, 1.165) is 71.7 Å². The first-order chi connectivity index (χ1) is 21.2. The number of fused-ring (bicyclic) bond motifs is 2. The molecule has 2 aromatic heterocycles. The Morgan fingerprint density at radius 1 is 0.909 bits per heavy atom. The smallest absolute Gasteiger partial charge is 0.326 e. The van der Waals surface area contributed by atoms with Crippen LogP contribution >= 0.6 is 0 Å². The van der Waals surface area contributed by atoms with E-state index in [-0.39, 0.29) is 24.7 Å². The van der Waals surface area contributed by atoms with E-state index in [9.17, 15) is 19.5 Å². The van der Waals surface area contributed by atoms with E-state index in [2.05, 4.69) is 20.7 Å². The summed E-state index contributed by atoms with van der Waals surface area (Å²) in [6.07, 6.45) is 8.86. The van der Waals surface area contributed by atoms with Gasteiger partial charge in [0.1, 0.15) is 12.1 Å². The number of benzene rings is 2. The number of para-hydroxylation sites is 2. The van der Waals surface area contributed by atoms with Crippen molar-refractivity contribution < 1.29 is 19.5 Å². The van der Waals surface area contributed by atoms with Gasteiger partial charge in [-0.3, -0.25) is 14.2 Å². The average molecular weight is 601 g/mol. The number of carbonyl (C=O) groups is 3. The molecule has 10 nitrogen and oxygen atoms in total. The lowest BCUT2D eigenvalue weighted by molar-refractivity contribution is -0.142. The first kappa shape index (κ1) is 31.4. The third-order valence-corrected chi connectivity index (χ3v) is 8.47. The topological polar surface area (TPSA) is 145 Å². The highest BCUT2D eigenvalue weighted by atomic mass is 16.4. The van der Waals surface area contributed by atoms with E-state index in [0.29, 0.717) is 6.42 Å². The van der Waals surface area contributed by atoms with Gasteiger partial charge in [0.2, 0.25) is 11.8 Å². The van der Waals surface area contributed by atoms with Gasteiger partial charge in [-0.05, 0) is 48.4 Å². The van der Waals surface area contributed by atoms with Gasteiger partial charge in [-0.15, -0.1) is 0 Å². The lowest BCUT2D eigenvalue weighted by Gasteiger charge is -2.28. The molecule has 1 amide bonds. The molecule has 0 unspecified atom stereocenters. The van der Waals surface area contributed by atoms with Crippen molar-refractivity contribution in [2.75, 3.05) is 13.1 Å². The lowest BCUT2D eigenvalue weighted by Crippen LogP contribution is -2.56. The lowest BCUT2D eigenvalue weighted by atomic mass is 10.0. The normalized spacial score (nSPS) is 16.5. The maximum absolute atomic E-state index is 14.0. The Morgan fingerprint density at radius 3 is 2.27 bits per heavy atom. The molecule has 4 aromatic rings. The standard InChI is InChI=1S/C34H44N6O4/c1-22(2)17-27(35)33(42)40-21-24(26-12-6-8-14-31(26)40)19-29(38-39-15-9-3-4-10-16-39)32(41)37-30(34(43)44)18-23-20-36-28-13-7-5-11-25(23)28/h5-8,11-14,20-22,27,29-30,36,38H,3-4,9-10,15-19,35H2,1-2H3,(H,37,41)(H,43,44)/t27-,29+,30+/m0/s1. The van der Waals surface area contributed by atoms with Gasteiger partial charge < -0.3 is 21.1 Å². The van der Waals surface area contributed by atoms with Crippen LogP contribution in [0.2, 0.25) is 0 Å². The van der Waals surface area contributed by atoms with Crippen LogP contribution in [0.5, 0.6) is 0 Å². The van der Waals surface area contributed by atoms with Gasteiger partial charge in [-0.1, -0.05) is 63.1 Å². The van der Waals surface area contributed by atoms with Crippen molar-refractivity contribution in [1.29, 1.82) is 0 Å². The first-order valence-electron chi connectivity index (χ1n) is 15.7. The monoisotopic (exact) mass is 600 g/mol. The van der Waals surface area contributed by atoms with Gasteiger partial charge in [0, 0.05) is 54.6 Å². The minimum Gasteiger partial charge on any atom is -0.480 e. The molecule has 0 aliphatic carbocycles. The molecule has 0 radical (unpaired) electrons. The first-order valence-corrected chi connectivity index (χ1v) is 15.7. The fraction of sp³-hybridized carbons (Fsp3) is 0.441. The summed E-state index contributed by atoms with van der Waals surface area (Å²) in [6.45, 7) is 5.66. The summed E-state index contributed by atoms with van der Waals surface area (Å²) in [6, 6.07) is 12.8. The zero-order valence-corrected chi connectivity index (χ0v) is 25.6. The van der Waals surface area contributed by atoms with Crippen LogP contribution in [0.1, 0.15) is 61.9 Å². The van der Waals surface area contributed by atoms with E-state index in [4.69, 9.17) is 5.73 Å². The molecular formula is C34H44N6O4. The number of aromatic nitrogens is 2. The molecule has 3 atom stereocenters. The summed E-state index contributed by atoms with van der Waals surface area (Å²) in [5.41, 5.74) is 13.0. The molecule has 1 fully saturated rings. The number of H-pyrrole nitrogens is 1. The second kappa shape index (κ2) is 14.2. The van der Waals surface area contributed by atoms with Gasteiger partial charge in [0.15, 0.2) is 0 Å². The molecule has 10 heteroatoms. The summed E-state index contributed by atoms with van der Waals surface area (Å²) in [5.74, 6) is -1.42. The number of aromatic amines is 1. The summed E-state index contributed by atoms with van der Waals surface area (Å²) in [7, 11) is 0. The molecule has 3 heterocycles. The van der Waals surface area contributed by atoms with Crippen LogP contribution in [0.25, 0.3) is 21.8 Å². The van der Waals surface area contributed by atoms with Crippen molar-refractivity contribution in [2.24, 2.45) is 11.7 Å². The minimum absolute atomic E-state index is 0.142. The Labute approximate surface area is 257 Å². The summed E-state index contributed by atoms with van der Waals surface area (Å²) >= 11 is 0. The van der Waals surface area contributed by atoms with Crippen LogP contribution in [0.4, 0.5) is 0 Å². The second-order valence-electron chi connectivity index (χ2n) is 12.4.